The zero-order chi connectivity index (χ0) is 16.5. The fraction of sp³-hybridized carbons (Fsp3) is 0.381. The summed E-state index contributed by atoms with van der Waals surface area (Å²) in [6, 6.07) is 19.1. The summed E-state index contributed by atoms with van der Waals surface area (Å²) in [5.41, 5.74) is 2.10. The van der Waals surface area contributed by atoms with Gasteiger partial charge in [-0.2, -0.15) is 0 Å². The van der Waals surface area contributed by atoms with Crippen LogP contribution in [0.25, 0.3) is 0 Å². The van der Waals surface area contributed by atoms with E-state index in [9.17, 15) is 4.79 Å². The van der Waals surface area contributed by atoms with Crippen LogP contribution in [0, 0.1) is 0 Å². The van der Waals surface area contributed by atoms with Crippen LogP contribution in [0.5, 0.6) is 0 Å². The lowest BCUT2D eigenvalue weighted by atomic mass is 9.95. The number of ketones is 1. The van der Waals surface area contributed by atoms with Gasteiger partial charge < -0.3 is 0 Å². The standard InChI is InChI=1S/C21H22BrNO/c22-17-13-11-16(12-14-17)21(24)20-19(15-7-3-1-4-8-15)23(20)18-9-5-2-6-10-18/h1,3-4,7-8,11-14,18-20H,2,5-6,9-10H2/t19-,20-,23?/m1/s1. The molecule has 1 unspecified atom stereocenters. The third kappa shape index (κ3) is 3.07. The molecule has 124 valence electrons. The first-order valence-electron chi connectivity index (χ1n) is 8.88. The fourth-order valence-electron chi connectivity index (χ4n) is 4.15. The molecule has 24 heavy (non-hydrogen) atoms. The molecule has 0 N–H and O–H groups in total. The second-order valence-corrected chi connectivity index (χ2v) is 7.83. The van der Waals surface area contributed by atoms with Crippen LogP contribution in [0.3, 0.4) is 0 Å². The number of hydrogen-bond acceptors (Lipinski definition) is 2. The molecule has 4 rings (SSSR count). The Hall–Kier alpha value is -1.45. The number of hydrogen-bond donors (Lipinski definition) is 0. The Balaban J connectivity index is 1.61. The minimum absolute atomic E-state index is 0.0108. The van der Waals surface area contributed by atoms with E-state index in [1.165, 1.54) is 37.7 Å². The van der Waals surface area contributed by atoms with Crippen LogP contribution in [-0.4, -0.2) is 22.8 Å². The molecule has 2 aromatic rings. The van der Waals surface area contributed by atoms with E-state index >= 15 is 0 Å². The van der Waals surface area contributed by atoms with Crippen molar-refractivity contribution in [2.75, 3.05) is 0 Å². The predicted octanol–water partition coefficient (Wildman–Crippen LogP) is 5.39. The van der Waals surface area contributed by atoms with Crippen LogP contribution in [0.4, 0.5) is 0 Å². The van der Waals surface area contributed by atoms with E-state index in [1.807, 2.05) is 30.3 Å². The summed E-state index contributed by atoms with van der Waals surface area (Å²) in [5.74, 6) is 0.266. The van der Waals surface area contributed by atoms with Gasteiger partial charge >= 0.3 is 0 Å². The van der Waals surface area contributed by atoms with Crippen molar-refractivity contribution in [1.29, 1.82) is 0 Å². The summed E-state index contributed by atoms with van der Waals surface area (Å²) in [6.07, 6.45) is 6.39. The highest BCUT2D eigenvalue weighted by molar-refractivity contribution is 9.10. The highest BCUT2D eigenvalue weighted by atomic mass is 79.9. The van der Waals surface area contributed by atoms with E-state index < -0.39 is 0 Å². The number of benzene rings is 2. The first-order chi connectivity index (χ1) is 11.8. The maximum absolute atomic E-state index is 13.1. The van der Waals surface area contributed by atoms with Crippen molar-refractivity contribution in [3.63, 3.8) is 0 Å². The molecular weight excluding hydrogens is 362 g/mol. The molecule has 2 nitrogen and oxygen atoms in total. The van der Waals surface area contributed by atoms with Crippen LogP contribution < -0.4 is 0 Å². The normalized spacial score (nSPS) is 27.0. The largest absolute Gasteiger partial charge is 0.292 e. The lowest BCUT2D eigenvalue weighted by molar-refractivity contribution is 0.0963. The SMILES string of the molecule is O=C(c1ccc(Br)cc1)[C@H]1[C@@H](c2ccccc2)N1C1CCCCC1. The average molecular weight is 384 g/mol. The summed E-state index contributed by atoms with van der Waals surface area (Å²) in [7, 11) is 0. The van der Waals surface area contributed by atoms with Crippen LogP contribution in [0.1, 0.15) is 54.1 Å². The van der Waals surface area contributed by atoms with E-state index in [0.717, 1.165) is 10.0 Å². The first kappa shape index (κ1) is 16.0. The van der Waals surface area contributed by atoms with Crippen molar-refractivity contribution < 1.29 is 4.79 Å². The van der Waals surface area contributed by atoms with Crippen LogP contribution in [-0.2, 0) is 0 Å². The molecule has 2 aromatic carbocycles. The molecule has 0 amide bonds. The van der Waals surface area contributed by atoms with Gasteiger partial charge in [0.1, 0.15) is 0 Å². The van der Waals surface area contributed by atoms with Crippen molar-refractivity contribution in [1.82, 2.24) is 4.90 Å². The van der Waals surface area contributed by atoms with Crippen molar-refractivity contribution in [2.45, 2.75) is 50.2 Å². The summed E-state index contributed by atoms with van der Waals surface area (Å²) < 4.78 is 1.01. The minimum Gasteiger partial charge on any atom is -0.292 e. The van der Waals surface area contributed by atoms with Crippen LogP contribution >= 0.6 is 15.9 Å². The summed E-state index contributed by atoms with van der Waals surface area (Å²) in [5, 5.41) is 0. The predicted molar refractivity (Wildman–Crippen MR) is 100 cm³/mol. The molecule has 0 spiro atoms. The Labute approximate surface area is 152 Å². The third-order valence-corrected chi connectivity index (χ3v) is 5.92. The quantitative estimate of drug-likeness (QED) is 0.520. The topological polar surface area (TPSA) is 20.1 Å². The van der Waals surface area contributed by atoms with Gasteiger partial charge in [-0.15, -0.1) is 0 Å². The monoisotopic (exact) mass is 383 g/mol. The van der Waals surface area contributed by atoms with Crippen LogP contribution in [0.2, 0.25) is 0 Å². The molecule has 2 fully saturated rings. The molecule has 1 saturated carbocycles. The molecule has 3 heteroatoms. The van der Waals surface area contributed by atoms with Gasteiger partial charge in [-0.25, -0.2) is 0 Å². The zero-order valence-electron chi connectivity index (χ0n) is 13.7. The Morgan fingerprint density at radius 3 is 2.25 bits per heavy atom. The van der Waals surface area contributed by atoms with Crippen LogP contribution in [0.15, 0.2) is 59.1 Å². The lowest BCUT2D eigenvalue weighted by Crippen LogP contribution is -2.26. The van der Waals surface area contributed by atoms with Crippen molar-refractivity contribution in [3.8, 4) is 0 Å². The number of Topliss-reactive ketones (excluding diaryl/α,β-unsaturated/α-hetero) is 1. The first-order valence-corrected chi connectivity index (χ1v) is 9.67. The fourth-order valence-corrected chi connectivity index (χ4v) is 4.41. The van der Waals surface area contributed by atoms with E-state index in [-0.39, 0.29) is 17.9 Å². The molecule has 1 aliphatic carbocycles. The van der Waals surface area contributed by atoms with Gasteiger partial charge in [0.2, 0.25) is 0 Å². The van der Waals surface area contributed by atoms with E-state index in [4.69, 9.17) is 0 Å². The smallest absolute Gasteiger partial charge is 0.181 e. The Kier molecular flexibility index (Phi) is 4.55. The molecule has 1 aliphatic heterocycles. The molecule has 0 radical (unpaired) electrons. The Morgan fingerprint density at radius 2 is 1.58 bits per heavy atom. The number of rotatable bonds is 4. The van der Waals surface area contributed by atoms with Crippen molar-refractivity contribution in [2.24, 2.45) is 0 Å². The molecule has 2 aliphatic rings. The van der Waals surface area contributed by atoms with Gasteiger partial charge in [0.25, 0.3) is 0 Å². The van der Waals surface area contributed by atoms with Gasteiger partial charge in [-0.3, -0.25) is 9.69 Å². The van der Waals surface area contributed by atoms with Crippen molar-refractivity contribution in [3.05, 3.63) is 70.2 Å². The zero-order valence-corrected chi connectivity index (χ0v) is 15.3. The highest BCUT2D eigenvalue weighted by Gasteiger charge is 2.55. The van der Waals surface area contributed by atoms with Gasteiger partial charge in [0.15, 0.2) is 5.78 Å². The number of nitrogens with zero attached hydrogens (tertiary/aromatic N) is 1. The minimum atomic E-state index is 0.0108. The van der Waals surface area contributed by atoms with E-state index in [1.54, 1.807) is 0 Å². The van der Waals surface area contributed by atoms with Crippen molar-refractivity contribution >= 4 is 21.7 Å². The van der Waals surface area contributed by atoms with Gasteiger partial charge in [-0.05, 0) is 30.5 Å². The van der Waals surface area contributed by atoms with E-state index in [2.05, 4.69) is 45.1 Å². The average Bonchev–Trinajstić information content (AvgIpc) is 3.39. The summed E-state index contributed by atoms with van der Waals surface area (Å²) in [4.78, 5) is 15.6. The highest BCUT2D eigenvalue weighted by Crippen LogP contribution is 2.49. The third-order valence-electron chi connectivity index (χ3n) is 5.39. The van der Waals surface area contributed by atoms with E-state index in [0.29, 0.717) is 6.04 Å². The molecule has 1 saturated heterocycles. The lowest BCUT2D eigenvalue weighted by Gasteiger charge is -2.24. The second kappa shape index (κ2) is 6.81. The molecule has 1 heterocycles. The maximum Gasteiger partial charge on any atom is 0.181 e. The number of carbonyl (C=O) groups excluding carboxylic acids is 1. The molecule has 0 aromatic heterocycles. The molecule has 3 atom stereocenters. The van der Waals surface area contributed by atoms with Gasteiger partial charge in [0.05, 0.1) is 12.1 Å². The number of carbonyl (C=O) groups is 1. The summed E-state index contributed by atoms with van der Waals surface area (Å²) in [6.45, 7) is 0. The Bertz CT molecular complexity index is 706. The second-order valence-electron chi connectivity index (χ2n) is 6.91. The Morgan fingerprint density at radius 1 is 0.917 bits per heavy atom. The summed E-state index contributed by atoms with van der Waals surface area (Å²) >= 11 is 3.45. The maximum atomic E-state index is 13.1. The molecular formula is C21H22BrNO. The molecule has 0 bridgehead atoms. The van der Waals surface area contributed by atoms with Gasteiger partial charge in [0, 0.05) is 16.1 Å². The number of halogens is 1. The van der Waals surface area contributed by atoms with Gasteiger partial charge in [-0.1, -0.05) is 77.7 Å².